The van der Waals surface area contributed by atoms with Crippen LogP contribution in [0.1, 0.15) is 44.3 Å². The van der Waals surface area contributed by atoms with E-state index in [0.29, 0.717) is 29.7 Å². The first-order valence-electron chi connectivity index (χ1n) is 7.79. The summed E-state index contributed by atoms with van der Waals surface area (Å²) < 4.78 is 12.5. The molecule has 0 unspecified atom stereocenters. The summed E-state index contributed by atoms with van der Waals surface area (Å²) in [6.45, 7) is 5.98. The van der Waals surface area contributed by atoms with Crippen LogP contribution in [0.4, 0.5) is 5.95 Å². The van der Waals surface area contributed by atoms with Gasteiger partial charge in [0.15, 0.2) is 0 Å². The number of furan rings is 1. The molecule has 0 saturated heterocycles. The highest BCUT2D eigenvalue weighted by Gasteiger charge is 2.37. The number of hydrogen-bond donors (Lipinski definition) is 1. The number of rotatable bonds is 5. The van der Waals surface area contributed by atoms with Crippen molar-refractivity contribution in [2.75, 3.05) is 11.9 Å². The number of nitrogens with one attached hydrogen (secondary N) is 1. The monoisotopic (exact) mass is 316 g/mol. The second kappa shape index (κ2) is 6.28. The summed E-state index contributed by atoms with van der Waals surface area (Å²) in [5.74, 6) is 1.52. The predicted molar refractivity (Wildman–Crippen MR) is 83.8 cm³/mol. The summed E-state index contributed by atoms with van der Waals surface area (Å²) >= 11 is 0. The standard InChI is InChI=1S/C16H20N4O3/c1-4-7-11-13(15(21)22-5-2)14(12-8-6-9-23-12)20-16(18-11)17-10(3)19-20/h6,8-9,14H,4-5,7H2,1-3H3,(H,17,18,19)/t14-/m0/s1. The van der Waals surface area contributed by atoms with E-state index in [0.717, 1.165) is 18.5 Å². The molecule has 23 heavy (non-hydrogen) atoms. The van der Waals surface area contributed by atoms with E-state index in [4.69, 9.17) is 9.15 Å². The van der Waals surface area contributed by atoms with E-state index in [9.17, 15) is 4.79 Å². The van der Waals surface area contributed by atoms with E-state index in [1.165, 1.54) is 0 Å². The smallest absolute Gasteiger partial charge is 0.338 e. The first-order valence-corrected chi connectivity index (χ1v) is 7.79. The fourth-order valence-corrected chi connectivity index (χ4v) is 2.79. The molecule has 7 heteroatoms. The molecule has 1 aliphatic heterocycles. The van der Waals surface area contributed by atoms with E-state index in [-0.39, 0.29) is 5.97 Å². The number of ether oxygens (including phenoxy) is 1. The van der Waals surface area contributed by atoms with Gasteiger partial charge in [0.05, 0.1) is 18.4 Å². The van der Waals surface area contributed by atoms with Gasteiger partial charge in [0, 0.05) is 5.70 Å². The van der Waals surface area contributed by atoms with Crippen molar-refractivity contribution in [1.29, 1.82) is 0 Å². The number of carbonyl (C=O) groups excluding carboxylic acids is 1. The van der Waals surface area contributed by atoms with Crippen LogP contribution in [0.2, 0.25) is 0 Å². The summed E-state index contributed by atoms with van der Waals surface area (Å²) in [5.41, 5.74) is 1.34. The molecule has 1 aliphatic rings. The van der Waals surface area contributed by atoms with Crippen LogP contribution in [0, 0.1) is 6.92 Å². The number of allylic oxidation sites excluding steroid dienone is 1. The Morgan fingerprint density at radius 1 is 1.48 bits per heavy atom. The lowest BCUT2D eigenvalue weighted by molar-refractivity contribution is -0.139. The molecule has 1 N–H and O–H groups in total. The first kappa shape index (κ1) is 15.3. The van der Waals surface area contributed by atoms with Gasteiger partial charge in [-0.1, -0.05) is 13.3 Å². The molecular weight excluding hydrogens is 296 g/mol. The lowest BCUT2D eigenvalue weighted by atomic mass is 9.98. The Kier molecular flexibility index (Phi) is 4.18. The molecule has 1 atom stereocenters. The normalized spacial score (nSPS) is 16.9. The van der Waals surface area contributed by atoms with Crippen LogP contribution in [-0.2, 0) is 9.53 Å². The van der Waals surface area contributed by atoms with Crippen molar-refractivity contribution in [3.05, 3.63) is 41.3 Å². The molecule has 0 spiro atoms. The van der Waals surface area contributed by atoms with E-state index in [1.807, 2.05) is 13.0 Å². The van der Waals surface area contributed by atoms with Crippen molar-refractivity contribution in [2.45, 2.75) is 39.7 Å². The highest BCUT2D eigenvalue weighted by Crippen LogP contribution is 2.37. The predicted octanol–water partition coefficient (Wildman–Crippen LogP) is 2.81. The highest BCUT2D eigenvalue weighted by atomic mass is 16.5. The Labute approximate surface area is 134 Å². The average molecular weight is 316 g/mol. The van der Waals surface area contributed by atoms with Gasteiger partial charge in [0.25, 0.3) is 0 Å². The Morgan fingerprint density at radius 3 is 2.96 bits per heavy atom. The highest BCUT2D eigenvalue weighted by molar-refractivity contribution is 5.92. The minimum Gasteiger partial charge on any atom is -0.467 e. The summed E-state index contributed by atoms with van der Waals surface area (Å²) in [6.07, 6.45) is 3.20. The second-order valence-electron chi connectivity index (χ2n) is 5.33. The summed E-state index contributed by atoms with van der Waals surface area (Å²) in [7, 11) is 0. The Morgan fingerprint density at radius 2 is 2.30 bits per heavy atom. The molecular formula is C16H20N4O3. The minimum absolute atomic E-state index is 0.315. The maximum absolute atomic E-state index is 12.6. The van der Waals surface area contributed by atoms with E-state index >= 15 is 0 Å². The zero-order valence-electron chi connectivity index (χ0n) is 13.5. The van der Waals surface area contributed by atoms with Crippen LogP contribution in [0.3, 0.4) is 0 Å². The second-order valence-corrected chi connectivity index (χ2v) is 5.33. The number of nitrogens with zero attached hydrogens (tertiary/aromatic N) is 3. The van der Waals surface area contributed by atoms with Gasteiger partial charge in [-0.2, -0.15) is 10.1 Å². The molecule has 0 radical (unpaired) electrons. The molecule has 3 rings (SSSR count). The molecule has 2 aromatic heterocycles. The van der Waals surface area contributed by atoms with Gasteiger partial charge in [-0.05, 0) is 32.4 Å². The van der Waals surface area contributed by atoms with Crippen molar-refractivity contribution in [3.8, 4) is 0 Å². The molecule has 0 fully saturated rings. The molecule has 0 saturated carbocycles. The Hall–Kier alpha value is -2.57. The number of carbonyl (C=O) groups is 1. The van der Waals surface area contributed by atoms with Gasteiger partial charge in [0.1, 0.15) is 17.6 Å². The molecule has 7 nitrogen and oxygen atoms in total. The number of aryl methyl sites for hydroxylation is 1. The molecule has 2 aromatic rings. The summed E-state index contributed by atoms with van der Waals surface area (Å²) in [5, 5.41) is 7.64. The SMILES string of the molecule is CCCC1=C(C(=O)OCC)[C@H](c2ccco2)n2nc(C)nc2N1. The first-order chi connectivity index (χ1) is 11.2. The van der Waals surface area contributed by atoms with Gasteiger partial charge in [0.2, 0.25) is 5.95 Å². The van der Waals surface area contributed by atoms with Gasteiger partial charge in [-0.3, -0.25) is 0 Å². The lowest BCUT2D eigenvalue weighted by Gasteiger charge is -2.27. The van der Waals surface area contributed by atoms with E-state index < -0.39 is 6.04 Å². The molecule has 0 aromatic carbocycles. The number of esters is 1. The van der Waals surface area contributed by atoms with Crippen molar-refractivity contribution in [1.82, 2.24) is 14.8 Å². The third kappa shape index (κ3) is 2.74. The van der Waals surface area contributed by atoms with Crippen LogP contribution >= 0.6 is 0 Å². The van der Waals surface area contributed by atoms with Gasteiger partial charge in [-0.15, -0.1) is 0 Å². The maximum Gasteiger partial charge on any atom is 0.338 e. The fourth-order valence-electron chi connectivity index (χ4n) is 2.79. The zero-order chi connectivity index (χ0) is 16.4. The number of aromatic nitrogens is 3. The summed E-state index contributed by atoms with van der Waals surface area (Å²) in [6, 6.07) is 3.16. The average Bonchev–Trinajstić information content (AvgIpc) is 3.14. The van der Waals surface area contributed by atoms with Crippen molar-refractivity contribution in [2.24, 2.45) is 0 Å². The molecule has 0 aliphatic carbocycles. The van der Waals surface area contributed by atoms with Crippen LogP contribution in [0.5, 0.6) is 0 Å². The largest absolute Gasteiger partial charge is 0.467 e. The van der Waals surface area contributed by atoms with Crippen molar-refractivity contribution >= 4 is 11.9 Å². The van der Waals surface area contributed by atoms with Crippen molar-refractivity contribution < 1.29 is 13.9 Å². The van der Waals surface area contributed by atoms with Crippen LogP contribution < -0.4 is 5.32 Å². The minimum atomic E-state index is -0.469. The molecule has 0 bridgehead atoms. The molecule has 122 valence electrons. The lowest BCUT2D eigenvalue weighted by Crippen LogP contribution is -2.30. The fraction of sp³-hybridized carbons (Fsp3) is 0.438. The maximum atomic E-state index is 12.6. The molecule has 0 amide bonds. The van der Waals surface area contributed by atoms with Crippen LogP contribution in [-0.4, -0.2) is 27.3 Å². The number of hydrogen-bond acceptors (Lipinski definition) is 6. The van der Waals surface area contributed by atoms with Crippen LogP contribution in [0.25, 0.3) is 0 Å². The zero-order valence-corrected chi connectivity index (χ0v) is 13.5. The third-order valence-electron chi connectivity index (χ3n) is 3.65. The third-order valence-corrected chi connectivity index (χ3v) is 3.65. The summed E-state index contributed by atoms with van der Waals surface area (Å²) in [4.78, 5) is 17.0. The quantitative estimate of drug-likeness (QED) is 0.854. The molecule has 3 heterocycles. The van der Waals surface area contributed by atoms with Gasteiger partial charge < -0.3 is 14.5 Å². The number of anilines is 1. The van der Waals surface area contributed by atoms with Crippen molar-refractivity contribution in [3.63, 3.8) is 0 Å². The topological polar surface area (TPSA) is 82.2 Å². The van der Waals surface area contributed by atoms with E-state index in [2.05, 4.69) is 22.3 Å². The van der Waals surface area contributed by atoms with E-state index in [1.54, 1.807) is 23.9 Å². The van der Waals surface area contributed by atoms with Crippen LogP contribution in [0.15, 0.2) is 34.1 Å². The Bertz CT molecular complexity index is 731. The Balaban J connectivity index is 2.16. The number of fused-ring (bicyclic) bond motifs is 1. The van der Waals surface area contributed by atoms with Gasteiger partial charge >= 0.3 is 5.97 Å². The van der Waals surface area contributed by atoms with Gasteiger partial charge in [-0.25, -0.2) is 9.48 Å².